The topological polar surface area (TPSA) is 54.5 Å². The van der Waals surface area contributed by atoms with Crippen LogP contribution in [0.4, 0.5) is 10.6 Å². The van der Waals surface area contributed by atoms with E-state index in [1.807, 2.05) is 36.4 Å². The van der Waals surface area contributed by atoms with E-state index >= 15 is 0 Å². The molecule has 1 aliphatic rings. The highest BCUT2D eigenvalue weighted by atomic mass is 16.5. The van der Waals surface area contributed by atoms with Crippen molar-refractivity contribution >= 4 is 11.8 Å². The Kier molecular flexibility index (Phi) is 3.25. The summed E-state index contributed by atoms with van der Waals surface area (Å²) < 4.78 is 5.13. The molecule has 0 aliphatic carbocycles. The second-order valence-corrected chi connectivity index (χ2v) is 4.65. The van der Waals surface area contributed by atoms with Crippen molar-refractivity contribution < 1.29 is 9.53 Å². The van der Waals surface area contributed by atoms with Gasteiger partial charge in [0.05, 0.1) is 13.7 Å². The maximum atomic E-state index is 12.0. The third-order valence-electron chi connectivity index (χ3n) is 3.30. The number of carbonyl (C=O) groups excluding carboxylic acids is 1. The van der Waals surface area contributed by atoms with Crippen molar-refractivity contribution in [2.24, 2.45) is 0 Å². The molecule has 5 nitrogen and oxygen atoms in total. The van der Waals surface area contributed by atoms with E-state index in [1.165, 1.54) is 0 Å². The van der Waals surface area contributed by atoms with E-state index in [4.69, 9.17) is 4.74 Å². The molecule has 2 amide bonds. The van der Waals surface area contributed by atoms with Crippen molar-refractivity contribution in [3.8, 4) is 5.75 Å². The lowest BCUT2D eigenvalue weighted by Gasteiger charge is -2.28. The molecule has 0 saturated carbocycles. The number of amides is 2. The fraction of sp³-hybridized carbons (Fsp3) is 0.200. The summed E-state index contributed by atoms with van der Waals surface area (Å²) in [6.07, 6.45) is 1.68. The van der Waals surface area contributed by atoms with Crippen molar-refractivity contribution in [3.05, 3.63) is 53.7 Å². The van der Waals surface area contributed by atoms with Gasteiger partial charge in [-0.2, -0.15) is 0 Å². The van der Waals surface area contributed by atoms with Crippen LogP contribution in [0.3, 0.4) is 0 Å². The number of methoxy groups -OCH3 is 1. The summed E-state index contributed by atoms with van der Waals surface area (Å²) in [4.78, 5) is 17.9. The molecule has 2 aromatic rings. The minimum Gasteiger partial charge on any atom is -0.497 e. The third kappa shape index (κ3) is 2.42. The van der Waals surface area contributed by atoms with Crippen molar-refractivity contribution in [1.82, 2.24) is 9.88 Å². The predicted octanol–water partition coefficient (Wildman–Crippen LogP) is 2.64. The number of hydrogen-bond donors (Lipinski definition) is 1. The Morgan fingerprint density at radius 2 is 2.10 bits per heavy atom. The van der Waals surface area contributed by atoms with Gasteiger partial charge in [-0.05, 0) is 23.8 Å². The number of rotatable bonds is 3. The van der Waals surface area contributed by atoms with E-state index in [1.54, 1.807) is 18.2 Å². The van der Waals surface area contributed by atoms with Gasteiger partial charge in [0.2, 0.25) is 0 Å². The molecule has 2 heterocycles. The van der Waals surface area contributed by atoms with Crippen LogP contribution in [0.15, 0.2) is 42.6 Å². The maximum absolute atomic E-state index is 12.0. The van der Waals surface area contributed by atoms with Crippen molar-refractivity contribution in [3.63, 3.8) is 0 Å². The number of aromatic nitrogens is 1. The first kappa shape index (κ1) is 12.5. The van der Waals surface area contributed by atoms with E-state index in [0.717, 1.165) is 16.9 Å². The van der Waals surface area contributed by atoms with E-state index in [0.29, 0.717) is 18.9 Å². The van der Waals surface area contributed by atoms with Gasteiger partial charge < -0.3 is 9.64 Å². The van der Waals surface area contributed by atoms with Gasteiger partial charge in [-0.3, -0.25) is 5.32 Å². The number of nitrogens with zero attached hydrogens (tertiary/aromatic N) is 2. The van der Waals surface area contributed by atoms with Crippen LogP contribution >= 0.6 is 0 Å². The summed E-state index contributed by atoms with van der Waals surface area (Å²) in [7, 11) is 1.64. The van der Waals surface area contributed by atoms with Crippen LogP contribution in [0.1, 0.15) is 11.1 Å². The highest BCUT2D eigenvalue weighted by molar-refractivity contribution is 5.91. The number of nitrogens with one attached hydrogen (secondary N) is 1. The Balaban J connectivity index is 1.76. The SMILES string of the molecule is COc1ccc(CN2Cc3cccnc3NC2=O)cc1. The summed E-state index contributed by atoms with van der Waals surface area (Å²) >= 11 is 0. The summed E-state index contributed by atoms with van der Waals surface area (Å²) in [5, 5.41) is 2.80. The molecule has 0 fully saturated rings. The lowest BCUT2D eigenvalue weighted by molar-refractivity contribution is 0.203. The van der Waals surface area contributed by atoms with Crippen LogP contribution in [-0.2, 0) is 13.1 Å². The first-order valence-electron chi connectivity index (χ1n) is 6.39. The van der Waals surface area contributed by atoms with Crippen LogP contribution in [0.2, 0.25) is 0 Å². The molecule has 0 radical (unpaired) electrons. The second-order valence-electron chi connectivity index (χ2n) is 4.65. The van der Waals surface area contributed by atoms with Gasteiger partial charge >= 0.3 is 6.03 Å². The van der Waals surface area contributed by atoms with Crippen molar-refractivity contribution in [2.45, 2.75) is 13.1 Å². The molecule has 20 heavy (non-hydrogen) atoms. The number of fused-ring (bicyclic) bond motifs is 1. The molecule has 0 saturated heterocycles. The Bertz CT molecular complexity index is 625. The van der Waals surface area contributed by atoms with E-state index in [2.05, 4.69) is 10.3 Å². The molecule has 5 heteroatoms. The van der Waals surface area contributed by atoms with E-state index in [-0.39, 0.29) is 6.03 Å². The zero-order valence-corrected chi connectivity index (χ0v) is 11.2. The third-order valence-corrected chi connectivity index (χ3v) is 3.30. The molecule has 0 atom stereocenters. The minimum absolute atomic E-state index is 0.119. The Morgan fingerprint density at radius 1 is 1.30 bits per heavy atom. The maximum Gasteiger partial charge on any atom is 0.323 e. The van der Waals surface area contributed by atoms with Crippen molar-refractivity contribution in [2.75, 3.05) is 12.4 Å². The molecular formula is C15H15N3O2. The Labute approximate surface area is 117 Å². The summed E-state index contributed by atoms with van der Waals surface area (Å²) in [6.45, 7) is 1.13. The quantitative estimate of drug-likeness (QED) is 0.932. The number of carbonyl (C=O) groups is 1. The molecular weight excluding hydrogens is 254 g/mol. The van der Waals surface area contributed by atoms with E-state index in [9.17, 15) is 4.79 Å². The summed E-state index contributed by atoms with van der Waals surface area (Å²) in [5.41, 5.74) is 2.09. The first-order chi connectivity index (χ1) is 9.76. The lowest BCUT2D eigenvalue weighted by atomic mass is 10.1. The predicted molar refractivity (Wildman–Crippen MR) is 75.5 cm³/mol. The zero-order chi connectivity index (χ0) is 13.9. The van der Waals surface area contributed by atoms with Crippen LogP contribution in [0.5, 0.6) is 5.75 Å². The lowest BCUT2D eigenvalue weighted by Crippen LogP contribution is -2.38. The molecule has 1 aliphatic heterocycles. The van der Waals surface area contributed by atoms with Gasteiger partial charge in [0.15, 0.2) is 0 Å². The molecule has 1 aromatic heterocycles. The van der Waals surface area contributed by atoms with Crippen molar-refractivity contribution in [1.29, 1.82) is 0 Å². The number of anilines is 1. The fourth-order valence-electron chi connectivity index (χ4n) is 2.22. The zero-order valence-electron chi connectivity index (χ0n) is 11.2. The van der Waals surface area contributed by atoms with Crippen LogP contribution in [-0.4, -0.2) is 23.0 Å². The summed E-state index contributed by atoms with van der Waals surface area (Å²) in [6, 6.07) is 11.5. The number of pyridine rings is 1. The highest BCUT2D eigenvalue weighted by Crippen LogP contribution is 2.22. The van der Waals surface area contributed by atoms with E-state index < -0.39 is 0 Å². The monoisotopic (exact) mass is 269 g/mol. The van der Waals surface area contributed by atoms with Gasteiger partial charge in [0.25, 0.3) is 0 Å². The van der Waals surface area contributed by atoms with Gasteiger partial charge in [-0.25, -0.2) is 9.78 Å². The molecule has 3 rings (SSSR count). The minimum atomic E-state index is -0.119. The summed E-state index contributed by atoms with van der Waals surface area (Å²) in [5.74, 6) is 1.47. The fourth-order valence-corrected chi connectivity index (χ4v) is 2.22. The molecule has 0 spiro atoms. The largest absolute Gasteiger partial charge is 0.497 e. The molecule has 0 bridgehead atoms. The number of urea groups is 1. The van der Waals surface area contributed by atoms with Gasteiger partial charge in [0.1, 0.15) is 11.6 Å². The standard InChI is InChI=1S/C15H15N3O2/c1-20-13-6-4-11(5-7-13)9-18-10-12-3-2-8-16-14(12)17-15(18)19/h2-8H,9-10H2,1H3,(H,16,17,19). The Hall–Kier alpha value is -2.56. The second kappa shape index (κ2) is 5.21. The number of hydrogen-bond acceptors (Lipinski definition) is 3. The smallest absolute Gasteiger partial charge is 0.323 e. The van der Waals surface area contributed by atoms with Gasteiger partial charge in [-0.15, -0.1) is 0 Å². The van der Waals surface area contributed by atoms with Crippen LogP contribution in [0.25, 0.3) is 0 Å². The Morgan fingerprint density at radius 3 is 2.85 bits per heavy atom. The normalized spacial score (nSPS) is 13.7. The van der Waals surface area contributed by atoms with Gasteiger partial charge in [0, 0.05) is 18.3 Å². The average Bonchev–Trinajstić information content (AvgIpc) is 2.49. The molecule has 102 valence electrons. The number of benzene rings is 1. The molecule has 1 aromatic carbocycles. The van der Waals surface area contributed by atoms with Crippen LogP contribution in [0, 0.1) is 0 Å². The number of ether oxygens (including phenoxy) is 1. The average molecular weight is 269 g/mol. The highest BCUT2D eigenvalue weighted by Gasteiger charge is 2.22. The first-order valence-corrected chi connectivity index (χ1v) is 6.39. The van der Waals surface area contributed by atoms with Crippen LogP contribution < -0.4 is 10.1 Å². The van der Waals surface area contributed by atoms with Gasteiger partial charge in [-0.1, -0.05) is 18.2 Å². The molecule has 1 N–H and O–H groups in total. The molecule has 0 unspecified atom stereocenters.